The highest BCUT2D eigenvalue weighted by Crippen LogP contribution is 2.38. The van der Waals surface area contributed by atoms with E-state index in [2.05, 4.69) is 27.7 Å². The quantitative estimate of drug-likeness (QED) is 0.734. The number of hydrogen-bond donors (Lipinski definition) is 1. The maximum Gasteiger partial charge on any atom is 0.0619 e. The molecule has 0 radical (unpaired) electrons. The summed E-state index contributed by atoms with van der Waals surface area (Å²) in [5, 5.41) is 10.3. The van der Waals surface area contributed by atoms with Crippen LogP contribution in [0.5, 0.6) is 0 Å². The van der Waals surface area contributed by atoms with Crippen LogP contribution in [0.3, 0.4) is 0 Å². The molecule has 14 heavy (non-hydrogen) atoms. The van der Waals surface area contributed by atoms with Gasteiger partial charge in [0.1, 0.15) is 0 Å². The average molecular weight is 198 g/mol. The first-order valence-corrected chi connectivity index (χ1v) is 6.15. The Morgan fingerprint density at radius 1 is 1.21 bits per heavy atom. The van der Waals surface area contributed by atoms with E-state index < -0.39 is 0 Å². The van der Waals surface area contributed by atoms with Crippen molar-refractivity contribution in [2.75, 3.05) is 0 Å². The zero-order chi connectivity index (χ0) is 10.8. The van der Waals surface area contributed by atoms with Crippen LogP contribution in [-0.4, -0.2) is 11.2 Å². The minimum Gasteiger partial charge on any atom is -0.392 e. The molecule has 1 rings (SSSR count). The smallest absolute Gasteiger partial charge is 0.0619 e. The van der Waals surface area contributed by atoms with E-state index >= 15 is 0 Å². The maximum absolute atomic E-state index is 10.3. The Morgan fingerprint density at radius 2 is 1.71 bits per heavy atom. The van der Waals surface area contributed by atoms with Crippen LogP contribution in [0.4, 0.5) is 0 Å². The standard InChI is InChI=1S/C13H26O/c1-5-13(3,4)12(14)11-8-6-10(2)7-9-11/h10-12,14H,5-9H2,1-4H3. The van der Waals surface area contributed by atoms with E-state index in [4.69, 9.17) is 0 Å². The van der Waals surface area contributed by atoms with Crippen molar-refractivity contribution in [3.8, 4) is 0 Å². The molecular weight excluding hydrogens is 172 g/mol. The molecule has 0 spiro atoms. The highest BCUT2D eigenvalue weighted by molar-refractivity contribution is 4.85. The van der Waals surface area contributed by atoms with Crippen LogP contribution in [0.25, 0.3) is 0 Å². The van der Waals surface area contributed by atoms with Crippen LogP contribution < -0.4 is 0 Å². The van der Waals surface area contributed by atoms with Crippen LogP contribution >= 0.6 is 0 Å². The molecule has 1 saturated carbocycles. The molecule has 0 aliphatic heterocycles. The Kier molecular flexibility index (Phi) is 4.00. The second kappa shape index (κ2) is 4.65. The van der Waals surface area contributed by atoms with Gasteiger partial charge in [-0.25, -0.2) is 0 Å². The summed E-state index contributed by atoms with van der Waals surface area (Å²) in [5.41, 5.74) is 0.102. The van der Waals surface area contributed by atoms with Crippen molar-refractivity contribution in [3.05, 3.63) is 0 Å². The van der Waals surface area contributed by atoms with Crippen LogP contribution in [-0.2, 0) is 0 Å². The van der Waals surface area contributed by atoms with Gasteiger partial charge in [0.05, 0.1) is 6.10 Å². The van der Waals surface area contributed by atoms with Crippen molar-refractivity contribution < 1.29 is 5.11 Å². The monoisotopic (exact) mass is 198 g/mol. The Balaban J connectivity index is 2.49. The van der Waals surface area contributed by atoms with Crippen molar-refractivity contribution in [2.45, 2.75) is 65.9 Å². The van der Waals surface area contributed by atoms with E-state index in [0.29, 0.717) is 5.92 Å². The molecular formula is C13H26O. The van der Waals surface area contributed by atoms with Gasteiger partial charge in [-0.15, -0.1) is 0 Å². The van der Waals surface area contributed by atoms with E-state index in [9.17, 15) is 5.11 Å². The van der Waals surface area contributed by atoms with Crippen molar-refractivity contribution in [1.82, 2.24) is 0 Å². The van der Waals surface area contributed by atoms with Gasteiger partial charge in [-0.3, -0.25) is 0 Å². The van der Waals surface area contributed by atoms with Crippen molar-refractivity contribution in [1.29, 1.82) is 0 Å². The number of aliphatic hydroxyl groups excluding tert-OH is 1. The lowest BCUT2D eigenvalue weighted by Crippen LogP contribution is -2.37. The van der Waals surface area contributed by atoms with E-state index in [1.807, 2.05) is 0 Å². The average Bonchev–Trinajstić information content (AvgIpc) is 2.18. The summed E-state index contributed by atoms with van der Waals surface area (Å²) < 4.78 is 0. The fraction of sp³-hybridized carbons (Fsp3) is 1.00. The zero-order valence-corrected chi connectivity index (χ0v) is 10.2. The predicted molar refractivity (Wildman–Crippen MR) is 61.2 cm³/mol. The summed E-state index contributed by atoms with van der Waals surface area (Å²) >= 11 is 0. The Labute approximate surface area is 88.9 Å². The van der Waals surface area contributed by atoms with Crippen LogP contribution in [0.1, 0.15) is 59.8 Å². The molecule has 1 aliphatic carbocycles. The minimum absolute atomic E-state index is 0.0972. The Hall–Kier alpha value is -0.0400. The molecule has 1 unspecified atom stereocenters. The maximum atomic E-state index is 10.3. The van der Waals surface area contributed by atoms with Crippen LogP contribution in [0.2, 0.25) is 0 Å². The largest absolute Gasteiger partial charge is 0.392 e. The molecule has 1 atom stereocenters. The molecule has 0 aromatic heterocycles. The first-order chi connectivity index (χ1) is 6.47. The SMILES string of the molecule is CCC(C)(C)C(O)C1CCC(C)CC1. The van der Waals surface area contributed by atoms with E-state index in [1.54, 1.807) is 0 Å². The number of rotatable bonds is 3. The summed E-state index contributed by atoms with van der Waals surface area (Å²) in [7, 11) is 0. The normalized spacial score (nSPS) is 31.5. The molecule has 1 fully saturated rings. The summed E-state index contributed by atoms with van der Waals surface area (Å²) in [4.78, 5) is 0. The molecule has 84 valence electrons. The highest BCUT2D eigenvalue weighted by atomic mass is 16.3. The molecule has 1 nitrogen and oxygen atoms in total. The lowest BCUT2D eigenvalue weighted by molar-refractivity contribution is -0.0178. The summed E-state index contributed by atoms with van der Waals surface area (Å²) in [6.07, 6.45) is 6.04. The lowest BCUT2D eigenvalue weighted by atomic mass is 9.71. The highest BCUT2D eigenvalue weighted by Gasteiger charge is 2.34. The third kappa shape index (κ3) is 2.73. The Morgan fingerprint density at radius 3 is 2.14 bits per heavy atom. The zero-order valence-electron chi connectivity index (χ0n) is 10.2. The molecule has 0 amide bonds. The fourth-order valence-electron chi connectivity index (χ4n) is 2.45. The molecule has 0 saturated heterocycles. The number of hydrogen-bond acceptors (Lipinski definition) is 1. The van der Waals surface area contributed by atoms with Gasteiger partial charge < -0.3 is 5.11 Å². The van der Waals surface area contributed by atoms with Gasteiger partial charge in [-0.1, -0.05) is 40.5 Å². The van der Waals surface area contributed by atoms with Crippen molar-refractivity contribution in [3.63, 3.8) is 0 Å². The number of aliphatic hydroxyl groups is 1. The van der Waals surface area contributed by atoms with Crippen molar-refractivity contribution in [2.24, 2.45) is 17.3 Å². The fourth-order valence-corrected chi connectivity index (χ4v) is 2.45. The predicted octanol–water partition coefficient (Wildman–Crippen LogP) is 3.61. The Bertz CT molecular complexity index is 166. The molecule has 0 aromatic carbocycles. The lowest BCUT2D eigenvalue weighted by Gasteiger charge is -2.38. The van der Waals surface area contributed by atoms with Crippen LogP contribution in [0, 0.1) is 17.3 Å². The molecule has 0 aromatic rings. The summed E-state index contributed by atoms with van der Waals surface area (Å²) in [6, 6.07) is 0. The van der Waals surface area contributed by atoms with Crippen LogP contribution in [0.15, 0.2) is 0 Å². The summed E-state index contributed by atoms with van der Waals surface area (Å²) in [5.74, 6) is 1.43. The van der Waals surface area contributed by atoms with E-state index in [-0.39, 0.29) is 11.5 Å². The second-order valence-corrected chi connectivity index (χ2v) is 5.81. The second-order valence-electron chi connectivity index (χ2n) is 5.81. The van der Waals surface area contributed by atoms with Gasteiger partial charge in [0.2, 0.25) is 0 Å². The molecule has 1 aliphatic rings. The van der Waals surface area contributed by atoms with Crippen molar-refractivity contribution >= 4 is 0 Å². The van der Waals surface area contributed by atoms with Gasteiger partial charge in [-0.05, 0) is 36.5 Å². The molecule has 0 heterocycles. The van der Waals surface area contributed by atoms with Gasteiger partial charge in [0.15, 0.2) is 0 Å². The third-order valence-electron chi connectivity index (χ3n) is 4.22. The molecule has 1 heteroatoms. The van der Waals surface area contributed by atoms with E-state index in [1.165, 1.54) is 25.7 Å². The van der Waals surface area contributed by atoms with Gasteiger partial charge >= 0.3 is 0 Å². The first kappa shape index (κ1) is 12.0. The van der Waals surface area contributed by atoms with Gasteiger partial charge in [0, 0.05) is 0 Å². The van der Waals surface area contributed by atoms with Gasteiger partial charge in [0.25, 0.3) is 0 Å². The first-order valence-electron chi connectivity index (χ1n) is 6.15. The molecule has 0 bridgehead atoms. The molecule has 1 N–H and O–H groups in total. The topological polar surface area (TPSA) is 20.2 Å². The van der Waals surface area contributed by atoms with E-state index in [0.717, 1.165) is 12.3 Å². The summed E-state index contributed by atoms with van der Waals surface area (Å²) in [6.45, 7) is 8.88. The minimum atomic E-state index is -0.0972. The van der Waals surface area contributed by atoms with Gasteiger partial charge in [-0.2, -0.15) is 0 Å². The third-order valence-corrected chi connectivity index (χ3v) is 4.22.